The second kappa shape index (κ2) is 10.1. The molecule has 0 aliphatic carbocycles. The summed E-state index contributed by atoms with van der Waals surface area (Å²) in [4.78, 5) is 10.8. The fraction of sp³-hybridized carbons (Fsp3) is 0.400. The zero-order chi connectivity index (χ0) is 20.6. The Labute approximate surface area is 169 Å². The van der Waals surface area contributed by atoms with Gasteiger partial charge in [-0.1, -0.05) is 70.7 Å². The van der Waals surface area contributed by atoms with Gasteiger partial charge in [-0.05, 0) is 52.8 Å². The number of aliphatic carboxylic acids is 1. The van der Waals surface area contributed by atoms with Gasteiger partial charge < -0.3 is 9.84 Å². The third-order valence-corrected chi connectivity index (χ3v) is 5.22. The molecule has 0 bridgehead atoms. The maximum Gasteiger partial charge on any atom is 0.328 e. The van der Waals surface area contributed by atoms with Crippen LogP contribution in [0.5, 0.6) is 5.75 Å². The summed E-state index contributed by atoms with van der Waals surface area (Å²) in [5, 5.41) is 8.85. The molecule has 0 heterocycles. The number of rotatable bonds is 10. The van der Waals surface area contributed by atoms with E-state index in [-0.39, 0.29) is 5.41 Å². The molecule has 0 unspecified atom stereocenters. The molecule has 3 nitrogen and oxygen atoms in total. The Hall–Kier alpha value is -2.55. The maximum atomic E-state index is 10.8. The predicted octanol–water partition coefficient (Wildman–Crippen LogP) is 6.71. The summed E-state index contributed by atoms with van der Waals surface area (Å²) in [5.74, 6) is -0.0203. The van der Waals surface area contributed by atoms with Gasteiger partial charge in [-0.25, -0.2) is 4.79 Å². The van der Waals surface area contributed by atoms with Crippen molar-refractivity contribution in [3.8, 4) is 16.9 Å². The molecule has 0 amide bonds. The van der Waals surface area contributed by atoms with Crippen molar-refractivity contribution in [1.82, 2.24) is 0 Å². The summed E-state index contributed by atoms with van der Waals surface area (Å²) in [6, 6.07) is 14.3. The van der Waals surface area contributed by atoms with Crippen molar-refractivity contribution < 1.29 is 14.6 Å². The van der Waals surface area contributed by atoms with E-state index in [4.69, 9.17) is 9.84 Å². The molecule has 2 rings (SSSR count). The van der Waals surface area contributed by atoms with Gasteiger partial charge in [-0.15, -0.1) is 0 Å². The molecule has 0 aromatic heterocycles. The zero-order valence-electron chi connectivity index (χ0n) is 17.5. The highest BCUT2D eigenvalue weighted by molar-refractivity contribution is 5.85. The minimum absolute atomic E-state index is 0.0237. The summed E-state index contributed by atoms with van der Waals surface area (Å²) < 4.78 is 5.66. The lowest BCUT2D eigenvalue weighted by molar-refractivity contribution is -0.131. The first-order valence-electron chi connectivity index (χ1n) is 10.1. The number of hydrogen-bond acceptors (Lipinski definition) is 2. The van der Waals surface area contributed by atoms with Crippen LogP contribution in [0.1, 0.15) is 64.0 Å². The van der Waals surface area contributed by atoms with Crippen LogP contribution < -0.4 is 4.74 Å². The molecule has 0 aliphatic heterocycles. The number of carboxylic acids is 1. The van der Waals surface area contributed by atoms with Crippen LogP contribution in [0, 0.1) is 0 Å². The first-order chi connectivity index (χ1) is 13.4. The summed E-state index contributed by atoms with van der Waals surface area (Å²) >= 11 is 0. The SMILES string of the molecule is CCCCCCC(C)(C)c1cc(-c2cccc(/C=C/C(=O)O)c2)ccc1OC. The van der Waals surface area contributed by atoms with Gasteiger partial charge in [-0.3, -0.25) is 0 Å². The number of benzene rings is 2. The van der Waals surface area contributed by atoms with Crippen molar-refractivity contribution in [3.63, 3.8) is 0 Å². The van der Waals surface area contributed by atoms with E-state index in [2.05, 4.69) is 39.0 Å². The largest absolute Gasteiger partial charge is 0.496 e. The summed E-state index contributed by atoms with van der Waals surface area (Å²) in [5.41, 5.74) is 4.29. The van der Waals surface area contributed by atoms with E-state index in [1.807, 2.05) is 24.3 Å². The zero-order valence-corrected chi connectivity index (χ0v) is 17.5. The average Bonchev–Trinajstić information content (AvgIpc) is 2.69. The second-order valence-electron chi connectivity index (χ2n) is 7.91. The normalized spacial score (nSPS) is 11.7. The topological polar surface area (TPSA) is 46.5 Å². The van der Waals surface area contributed by atoms with E-state index in [1.165, 1.54) is 31.2 Å². The molecule has 0 radical (unpaired) electrons. The number of unbranched alkanes of at least 4 members (excludes halogenated alkanes) is 3. The van der Waals surface area contributed by atoms with Gasteiger partial charge in [0, 0.05) is 11.6 Å². The molecule has 0 fully saturated rings. The van der Waals surface area contributed by atoms with Gasteiger partial charge in [0.05, 0.1) is 7.11 Å². The van der Waals surface area contributed by atoms with E-state index in [9.17, 15) is 4.79 Å². The van der Waals surface area contributed by atoms with Crippen molar-refractivity contribution in [3.05, 3.63) is 59.7 Å². The number of methoxy groups -OCH3 is 1. The van der Waals surface area contributed by atoms with Crippen LogP contribution in [0.3, 0.4) is 0 Å². The van der Waals surface area contributed by atoms with Crippen molar-refractivity contribution in [2.24, 2.45) is 0 Å². The highest BCUT2D eigenvalue weighted by Crippen LogP contribution is 2.38. The molecular formula is C25H32O3. The Morgan fingerprint density at radius 2 is 1.82 bits per heavy atom. The standard InChI is InChI=1S/C25H32O3/c1-5-6-7-8-16-25(2,3)22-18-21(13-14-23(22)28-4)20-11-9-10-19(17-20)12-15-24(26)27/h9-15,17-18H,5-8,16H2,1-4H3,(H,26,27)/b15-12+. The van der Waals surface area contributed by atoms with Crippen LogP contribution in [-0.2, 0) is 10.2 Å². The molecule has 0 saturated carbocycles. The molecule has 2 aromatic rings. The smallest absolute Gasteiger partial charge is 0.328 e. The van der Waals surface area contributed by atoms with E-state index in [0.29, 0.717) is 0 Å². The molecular weight excluding hydrogens is 348 g/mol. The summed E-state index contributed by atoms with van der Waals surface area (Å²) in [6.45, 7) is 6.80. The number of ether oxygens (including phenoxy) is 1. The lowest BCUT2D eigenvalue weighted by Gasteiger charge is -2.28. The molecule has 1 N–H and O–H groups in total. The van der Waals surface area contributed by atoms with Gasteiger partial charge in [0.25, 0.3) is 0 Å². The molecule has 2 aromatic carbocycles. The highest BCUT2D eigenvalue weighted by atomic mass is 16.5. The third kappa shape index (κ3) is 5.98. The molecule has 0 saturated heterocycles. The molecule has 150 valence electrons. The Balaban J connectivity index is 2.34. The van der Waals surface area contributed by atoms with Crippen LogP contribution in [0.25, 0.3) is 17.2 Å². The van der Waals surface area contributed by atoms with Crippen LogP contribution in [0.4, 0.5) is 0 Å². The number of hydrogen-bond donors (Lipinski definition) is 1. The van der Waals surface area contributed by atoms with Crippen molar-refractivity contribution in [1.29, 1.82) is 0 Å². The number of carbonyl (C=O) groups is 1. The van der Waals surface area contributed by atoms with Crippen LogP contribution in [-0.4, -0.2) is 18.2 Å². The Kier molecular flexibility index (Phi) is 7.86. The molecule has 0 atom stereocenters. The lowest BCUT2D eigenvalue weighted by Crippen LogP contribution is -2.18. The van der Waals surface area contributed by atoms with E-state index in [1.54, 1.807) is 13.2 Å². The van der Waals surface area contributed by atoms with Gasteiger partial charge in [0.2, 0.25) is 0 Å². The fourth-order valence-corrected chi connectivity index (χ4v) is 3.53. The maximum absolute atomic E-state index is 10.8. The second-order valence-corrected chi connectivity index (χ2v) is 7.91. The average molecular weight is 381 g/mol. The highest BCUT2D eigenvalue weighted by Gasteiger charge is 2.24. The Bertz CT molecular complexity index is 818. The quantitative estimate of drug-likeness (QED) is 0.368. The van der Waals surface area contributed by atoms with Gasteiger partial charge in [0.1, 0.15) is 5.75 Å². The van der Waals surface area contributed by atoms with Crippen molar-refractivity contribution in [2.75, 3.05) is 7.11 Å². The predicted molar refractivity (Wildman–Crippen MR) is 117 cm³/mol. The first kappa shape index (κ1) is 21.7. The summed E-state index contributed by atoms with van der Waals surface area (Å²) in [7, 11) is 1.73. The molecule has 3 heteroatoms. The van der Waals surface area contributed by atoms with Crippen molar-refractivity contribution in [2.45, 2.75) is 58.3 Å². The molecule has 0 aliphatic rings. The number of carboxylic acid groups (broad SMARTS) is 1. The Morgan fingerprint density at radius 3 is 2.50 bits per heavy atom. The monoisotopic (exact) mass is 380 g/mol. The first-order valence-corrected chi connectivity index (χ1v) is 10.1. The molecule has 28 heavy (non-hydrogen) atoms. The lowest BCUT2D eigenvalue weighted by atomic mass is 9.78. The van der Waals surface area contributed by atoms with E-state index < -0.39 is 5.97 Å². The van der Waals surface area contributed by atoms with Gasteiger partial charge >= 0.3 is 5.97 Å². The summed E-state index contributed by atoms with van der Waals surface area (Å²) in [6.07, 6.45) is 8.90. The Morgan fingerprint density at radius 1 is 1.07 bits per heavy atom. The van der Waals surface area contributed by atoms with Crippen LogP contribution in [0.15, 0.2) is 48.5 Å². The minimum Gasteiger partial charge on any atom is -0.496 e. The minimum atomic E-state index is -0.943. The third-order valence-electron chi connectivity index (χ3n) is 5.22. The van der Waals surface area contributed by atoms with Crippen LogP contribution in [0.2, 0.25) is 0 Å². The molecule has 0 spiro atoms. The van der Waals surface area contributed by atoms with Crippen LogP contribution >= 0.6 is 0 Å². The van der Waals surface area contributed by atoms with Gasteiger partial charge in [0.15, 0.2) is 0 Å². The van der Waals surface area contributed by atoms with E-state index >= 15 is 0 Å². The fourth-order valence-electron chi connectivity index (χ4n) is 3.53. The van der Waals surface area contributed by atoms with Crippen molar-refractivity contribution >= 4 is 12.0 Å². The van der Waals surface area contributed by atoms with Gasteiger partial charge in [-0.2, -0.15) is 0 Å². The van der Waals surface area contributed by atoms with E-state index in [0.717, 1.165) is 34.9 Å².